The number of hydrogen-bond acceptors (Lipinski definition) is 3. The lowest BCUT2D eigenvalue weighted by molar-refractivity contribution is 0.103. The maximum Gasteiger partial charge on any atom is 0.273 e. The van der Waals surface area contributed by atoms with Crippen LogP contribution in [0.4, 0.5) is 0 Å². The standard InChI is InChI=1S/C15H22N4O2/c1-8-5-12(20)16-14-13(8)15(21)17-19(14)11-6-10(3)18(4)7-9(11)2/h5,9-11H,6-7H2,1-4H3,(H,16,20)(H,17,21)/t9-,10+,11-/m0/s1. The maximum atomic E-state index is 12.2. The van der Waals surface area contributed by atoms with Gasteiger partial charge in [0.1, 0.15) is 5.65 Å². The van der Waals surface area contributed by atoms with Crippen LogP contribution in [0.15, 0.2) is 15.7 Å². The number of rotatable bonds is 1. The second kappa shape index (κ2) is 4.87. The molecule has 0 radical (unpaired) electrons. The van der Waals surface area contributed by atoms with Crippen LogP contribution in [0.5, 0.6) is 0 Å². The van der Waals surface area contributed by atoms with E-state index >= 15 is 0 Å². The number of likely N-dealkylation sites (tertiary alicyclic amines) is 1. The number of nitrogens with one attached hydrogen (secondary N) is 2. The van der Waals surface area contributed by atoms with Gasteiger partial charge in [0.2, 0.25) is 5.56 Å². The molecule has 0 unspecified atom stereocenters. The second-order valence-corrected chi connectivity index (χ2v) is 6.42. The van der Waals surface area contributed by atoms with Crippen LogP contribution in [0.2, 0.25) is 0 Å². The van der Waals surface area contributed by atoms with Crippen LogP contribution in [0.1, 0.15) is 31.9 Å². The summed E-state index contributed by atoms with van der Waals surface area (Å²) < 4.78 is 1.88. The van der Waals surface area contributed by atoms with Crippen molar-refractivity contribution in [2.24, 2.45) is 5.92 Å². The molecule has 6 nitrogen and oxygen atoms in total. The molecule has 2 aromatic heterocycles. The summed E-state index contributed by atoms with van der Waals surface area (Å²) in [5.74, 6) is 0.404. The van der Waals surface area contributed by atoms with Crippen LogP contribution in [0, 0.1) is 12.8 Å². The summed E-state index contributed by atoms with van der Waals surface area (Å²) in [4.78, 5) is 29.1. The van der Waals surface area contributed by atoms with Gasteiger partial charge in [0, 0.05) is 18.7 Å². The Labute approximate surface area is 122 Å². The third kappa shape index (κ3) is 2.23. The average Bonchev–Trinajstić information content (AvgIpc) is 2.71. The summed E-state index contributed by atoms with van der Waals surface area (Å²) in [5.41, 5.74) is 1.06. The SMILES string of the molecule is Cc1cc(=O)[nH]c2c1c(=O)[nH]n2[C@H]1C[C@@H](C)N(C)C[C@@H]1C. The Hall–Kier alpha value is -1.82. The molecule has 1 saturated heterocycles. The summed E-state index contributed by atoms with van der Waals surface area (Å²) in [6, 6.07) is 2.12. The molecule has 6 heteroatoms. The molecule has 3 rings (SSSR count). The summed E-state index contributed by atoms with van der Waals surface area (Å²) in [5, 5.41) is 3.52. The van der Waals surface area contributed by atoms with Crippen molar-refractivity contribution in [3.63, 3.8) is 0 Å². The first kappa shape index (κ1) is 14.1. The quantitative estimate of drug-likeness (QED) is 0.829. The molecule has 1 aliphatic rings. The van der Waals surface area contributed by atoms with Gasteiger partial charge in [0.05, 0.1) is 11.4 Å². The van der Waals surface area contributed by atoms with Crippen molar-refractivity contribution >= 4 is 11.0 Å². The van der Waals surface area contributed by atoms with E-state index in [9.17, 15) is 9.59 Å². The molecule has 0 aliphatic carbocycles. The van der Waals surface area contributed by atoms with Gasteiger partial charge in [-0.15, -0.1) is 0 Å². The van der Waals surface area contributed by atoms with Crippen LogP contribution >= 0.6 is 0 Å². The molecule has 0 amide bonds. The van der Waals surface area contributed by atoms with Crippen molar-refractivity contribution in [1.29, 1.82) is 0 Å². The lowest BCUT2D eigenvalue weighted by Gasteiger charge is -2.40. The molecule has 0 spiro atoms. The van der Waals surface area contributed by atoms with E-state index in [1.807, 2.05) is 4.68 Å². The van der Waals surface area contributed by atoms with E-state index in [1.165, 1.54) is 6.07 Å². The number of aromatic amines is 2. The monoisotopic (exact) mass is 290 g/mol. The number of fused-ring (bicyclic) bond motifs is 1. The fourth-order valence-electron chi connectivity index (χ4n) is 3.49. The molecule has 0 saturated carbocycles. The van der Waals surface area contributed by atoms with Gasteiger partial charge in [0.15, 0.2) is 0 Å². The molecule has 0 bridgehead atoms. The van der Waals surface area contributed by atoms with E-state index < -0.39 is 0 Å². The Balaban J connectivity index is 2.17. The third-order valence-corrected chi connectivity index (χ3v) is 4.81. The molecule has 1 aliphatic heterocycles. The first-order valence-electron chi connectivity index (χ1n) is 7.43. The predicted octanol–water partition coefficient (Wildman–Crippen LogP) is 1.23. The van der Waals surface area contributed by atoms with E-state index in [0.29, 0.717) is 23.0 Å². The highest BCUT2D eigenvalue weighted by atomic mass is 16.1. The Bertz CT molecular complexity index is 785. The summed E-state index contributed by atoms with van der Waals surface area (Å²) in [6.07, 6.45) is 0.952. The highest BCUT2D eigenvalue weighted by Crippen LogP contribution is 2.31. The summed E-state index contributed by atoms with van der Waals surface area (Å²) in [6.45, 7) is 7.16. The van der Waals surface area contributed by atoms with Crippen molar-refractivity contribution in [2.75, 3.05) is 13.6 Å². The molecular weight excluding hydrogens is 268 g/mol. The zero-order valence-electron chi connectivity index (χ0n) is 12.9. The highest BCUT2D eigenvalue weighted by Gasteiger charge is 2.31. The van der Waals surface area contributed by atoms with Gasteiger partial charge in [-0.1, -0.05) is 6.92 Å². The number of piperidine rings is 1. The molecule has 2 N–H and O–H groups in total. The number of H-pyrrole nitrogens is 2. The lowest BCUT2D eigenvalue weighted by Crippen LogP contribution is -2.43. The molecule has 21 heavy (non-hydrogen) atoms. The van der Waals surface area contributed by atoms with Crippen molar-refractivity contribution in [1.82, 2.24) is 19.7 Å². The van der Waals surface area contributed by atoms with E-state index in [0.717, 1.165) is 18.5 Å². The Morgan fingerprint density at radius 3 is 2.71 bits per heavy atom. The molecule has 2 aromatic rings. The first-order valence-corrected chi connectivity index (χ1v) is 7.43. The van der Waals surface area contributed by atoms with Gasteiger partial charge in [-0.2, -0.15) is 0 Å². The lowest BCUT2D eigenvalue weighted by atomic mass is 9.90. The highest BCUT2D eigenvalue weighted by molar-refractivity contribution is 5.78. The van der Waals surface area contributed by atoms with E-state index in [-0.39, 0.29) is 17.2 Å². The maximum absolute atomic E-state index is 12.2. The minimum atomic E-state index is -0.165. The molecule has 1 fully saturated rings. The minimum Gasteiger partial charge on any atom is -0.307 e. The number of hydrogen-bond donors (Lipinski definition) is 2. The van der Waals surface area contributed by atoms with Crippen molar-refractivity contribution in [3.05, 3.63) is 32.3 Å². The number of aryl methyl sites for hydroxylation is 1. The number of aromatic nitrogens is 3. The topological polar surface area (TPSA) is 73.9 Å². The largest absolute Gasteiger partial charge is 0.307 e. The fraction of sp³-hybridized carbons (Fsp3) is 0.600. The predicted molar refractivity (Wildman–Crippen MR) is 82.8 cm³/mol. The van der Waals surface area contributed by atoms with Gasteiger partial charge in [-0.25, -0.2) is 0 Å². The zero-order chi connectivity index (χ0) is 15.3. The van der Waals surface area contributed by atoms with Crippen LogP contribution in [0.25, 0.3) is 11.0 Å². The normalized spacial score (nSPS) is 27.3. The van der Waals surface area contributed by atoms with Gasteiger partial charge >= 0.3 is 0 Å². The number of nitrogens with zero attached hydrogens (tertiary/aromatic N) is 2. The Kier molecular flexibility index (Phi) is 3.28. The van der Waals surface area contributed by atoms with Gasteiger partial charge in [-0.05, 0) is 38.8 Å². The molecule has 0 aromatic carbocycles. The van der Waals surface area contributed by atoms with Crippen LogP contribution in [-0.4, -0.2) is 39.3 Å². The smallest absolute Gasteiger partial charge is 0.273 e. The molecule has 3 atom stereocenters. The van der Waals surface area contributed by atoms with Gasteiger partial charge < -0.3 is 9.88 Å². The van der Waals surface area contributed by atoms with Crippen molar-refractivity contribution in [2.45, 2.75) is 39.3 Å². The molecule has 114 valence electrons. The third-order valence-electron chi connectivity index (χ3n) is 4.81. The van der Waals surface area contributed by atoms with Crippen LogP contribution in [0.3, 0.4) is 0 Å². The first-order chi connectivity index (χ1) is 9.88. The zero-order valence-corrected chi connectivity index (χ0v) is 12.9. The Morgan fingerprint density at radius 2 is 2.00 bits per heavy atom. The van der Waals surface area contributed by atoms with E-state index in [4.69, 9.17) is 0 Å². The van der Waals surface area contributed by atoms with Crippen molar-refractivity contribution < 1.29 is 0 Å². The minimum absolute atomic E-state index is 0.127. The van der Waals surface area contributed by atoms with Gasteiger partial charge in [-0.3, -0.25) is 19.4 Å². The summed E-state index contributed by atoms with van der Waals surface area (Å²) in [7, 11) is 2.12. The Morgan fingerprint density at radius 1 is 1.29 bits per heavy atom. The summed E-state index contributed by atoms with van der Waals surface area (Å²) >= 11 is 0. The molecular formula is C15H22N4O2. The average molecular weight is 290 g/mol. The fourth-order valence-corrected chi connectivity index (χ4v) is 3.49. The van der Waals surface area contributed by atoms with Crippen LogP contribution in [-0.2, 0) is 0 Å². The van der Waals surface area contributed by atoms with E-state index in [1.54, 1.807) is 6.92 Å². The van der Waals surface area contributed by atoms with Gasteiger partial charge in [0.25, 0.3) is 5.56 Å². The van der Waals surface area contributed by atoms with E-state index in [2.05, 4.69) is 35.9 Å². The van der Waals surface area contributed by atoms with Crippen LogP contribution < -0.4 is 11.1 Å². The van der Waals surface area contributed by atoms with Crippen molar-refractivity contribution in [3.8, 4) is 0 Å². The number of pyridine rings is 1. The molecule has 3 heterocycles. The second-order valence-electron chi connectivity index (χ2n) is 6.42.